The minimum absolute atomic E-state index is 0.00639. The molecule has 0 saturated heterocycles. The molecule has 172 valence electrons. The van der Waals surface area contributed by atoms with Crippen LogP contribution in [0.25, 0.3) is 0 Å². The maximum absolute atomic E-state index is 14.0. The first-order valence-corrected chi connectivity index (χ1v) is 11.1. The molecule has 1 aromatic heterocycles. The van der Waals surface area contributed by atoms with Crippen molar-refractivity contribution in [3.63, 3.8) is 0 Å². The number of hydrogen-bond acceptors (Lipinski definition) is 4. The molecule has 0 bridgehead atoms. The Labute approximate surface area is 192 Å². The van der Waals surface area contributed by atoms with Crippen LogP contribution >= 0.6 is 0 Å². The van der Waals surface area contributed by atoms with Crippen LogP contribution in [0.5, 0.6) is 5.75 Å². The van der Waals surface area contributed by atoms with Gasteiger partial charge in [-0.2, -0.15) is 0 Å². The average molecular weight is 451 g/mol. The van der Waals surface area contributed by atoms with E-state index in [4.69, 9.17) is 9.15 Å². The monoisotopic (exact) mass is 450 g/mol. The summed E-state index contributed by atoms with van der Waals surface area (Å²) in [6, 6.07) is 15.1. The number of amides is 2. The Bertz CT molecular complexity index is 1130. The number of hydrogen-bond donors (Lipinski definition) is 1. The molecule has 2 aromatic carbocycles. The number of fused-ring (bicyclic) bond motifs is 1. The van der Waals surface area contributed by atoms with Gasteiger partial charge >= 0.3 is 0 Å². The lowest BCUT2D eigenvalue weighted by molar-refractivity contribution is -0.133. The molecule has 1 aliphatic rings. The Kier molecular flexibility index (Phi) is 6.77. The Hall–Kier alpha value is -3.61. The average Bonchev–Trinajstić information content (AvgIpc) is 3.35. The van der Waals surface area contributed by atoms with Gasteiger partial charge in [0.2, 0.25) is 5.91 Å². The molecule has 3 aromatic rings. The Morgan fingerprint density at radius 3 is 2.79 bits per heavy atom. The van der Waals surface area contributed by atoms with E-state index in [1.54, 1.807) is 36.3 Å². The standard InChI is InChI=1S/C26H27FN2O4/c1-3-24(30)29-12-11-18-9-10-21(15-23(18)25(29)19-6-4-7-20(27)14-19)33-17(2)26(31)28-16-22-8-5-13-32-22/h4-10,13-15,17,25H,3,11-12,16H2,1-2H3,(H,28,31)/t17-,25+/m0/s1. The highest BCUT2D eigenvalue weighted by Gasteiger charge is 2.32. The minimum Gasteiger partial charge on any atom is -0.481 e. The van der Waals surface area contributed by atoms with Crippen LogP contribution in [0.4, 0.5) is 4.39 Å². The van der Waals surface area contributed by atoms with Crippen molar-refractivity contribution in [1.82, 2.24) is 10.2 Å². The molecule has 0 unspecified atom stereocenters. The predicted molar refractivity (Wildman–Crippen MR) is 121 cm³/mol. The molecule has 2 heterocycles. The van der Waals surface area contributed by atoms with Gasteiger partial charge in [0.25, 0.3) is 5.91 Å². The van der Waals surface area contributed by atoms with Crippen molar-refractivity contribution < 1.29 is 23.1 Å². The van der Waals surface area contributed by atoms with Crippen LogP contribution in [0, 0.1) is 5.82 Å². The zero-order valence-electron chi connectivity index (χ0n) is 18.7. The second kappa shape index (κ2) is 9.90. The van der Waals surface area contributed by atoms with Gasteiger partial charge in [0, 0.05) is 13.0 Å². The van der Waals surface area contributed by atoms with Crippen molar-refractivity contribution in [2.75, 3.05) is 6.54 Å². The molecular weight excluding hydrogens is 423 g/mol. The third-order valence-corrected chi connectivity index (χ3v) is 5.83. The van der Waals surface area contributed by atoms with Gasteiger partial charge in [-0.3, -0.25) is 9.59 Å². The zero-order chi connectivity index (χ0) is 23.4. The molecular formula is C26H27FN2O4. The second-order valence-corrected chi connectivity index (χ2v) is 8.07. The minimum atomic E-state index is -0.734. The summed E-state index contributed by atoms with van der Waals surface area (Å²) in [6.07, 6.45) is 1.88. The molecule has 4 rings (SSSR count). The third kappa shape index (κ3) is 5.08. The summed E-state index contributed by atoms with van der Waals surface area (Å²) in [5.74, 6) is 0.558. The first-order chi connectivity index (χ1) is 16.0. The molecule has 1 aliphatic heterocycles. The fourth-order valence-corrected chi connectivity index (χ4v) is 4.16. The van der Waals surface area contributed by atoms with E-state index < -0.39 is 12.1 Å². The summed E-state index contributed by atoms with van der Waals surface area (Å²) in [5.41, 5.74) is 2.67. The number of carbonyl (C=O) groups excluding carboxylic acids is 2. The summed E-state index contributed by atoms with van der Waals surface area (Å²) in [7, 11) is 0. The number of furan rings is 1. The molecule has 0 radical (unpaired) electrons. The fraction of sp³-hybridized carbons (Fsp3) is 0.308. The zero-order valence-corrected chi connectivity index (χ0v) is 18.7. The predicted octanol–water partition coefficient (Wildman–Crippen LogP) is 4.39. The van der Waals surface area contributed by atoms with Crippen LogP contribution in [-0.4, -0.2) is 29.4 Å². The van der Waals surface area contributed by atoms with Gasteiger partial charge in [0.15, 0.2) is 6.10 Å². The molecule has 7 heteroatoms. The number of halogens is 1. The largest absolute Gasteiger partial charge is 0.481 e. The van der Waals surface area contributed by atoms with Crippen molar-refractivity contribution in [2.24, 2.45) is 0 Å². The highest BCUT2D eigenvalue weighted by atomic mass is 19.1. The van der Waals surface area contributed by atoms with Gasteiger partial charge in [-0.15, -0.1) is 0 Å². The highest BCUT2D eigenvalue weighted by Crippen LogP contribution is 2.37. The molecule has 2 amide bonds. The van der Waals surface area contributed by atoms with Crippen LogP contribution < -0.4 is 10.1 Å². The van der Waals surface area contributed by atoms with Gasteiger partial charge in [-0.05, 0) is 66.4 Å². The SMILES string of the molecule is CCC(=O)N1CCc2ccc(O[C@@H](C)C(=O)NCc3ccco3)cc2[C@H]1c1cccc(F)c1. The van der Waals surface area contributed by atoms with E-state index in [-0.39, 0.29) is 24.2 Å². The number of ether oxygens (including phenoxy) is 1. The van der Waals surface area contributed by atoms with Crippen LogP contribution in [0.15, 0.2) is 65.3 Å². The quantitative estimate of drug-likeness (QED) is 0.580. The Morgan fingerprint density at radius 1 is 1.21 bits per heavy atom. The maximum atomic E-state index is 14.0. The van der Waals surface area contributed by atoms with Gasteiger partial charge in [-0.1, -0.05) is 25.1 Å². The summed E-state index contributed by atoms with van der Waals surface area (Å²) in [5, 5.41) is 2.79. The van der Waals surface area contributed by atoms with E-state index in [0.717, 1.165) is 11.1 Å². The summed E-state index contributed by atoms with van der Waals surface area (Å²) < 4.78 is 25.2. The smallest absolute Gasteiger partial charge is 0.261 e. The molecule has 0 aliphatic carbocycles. The van der Waals surface area contributed by atoms with Crippen molar-refractivity contribution >= 4 is 11.8 Å². The first kappa shape index (κ1) is 22.6. The van der Waals surface area contributed by atoms with Gasteiger partial charge in [0.05, 0.1) is 18.8 Å². The number of rotatable bonds is 7. The fourth-order valence-electron chi connectivity index (χ4n) is 4.16. The number of carbonyl (C=O) groups is 2. The van der Waals surface area contributed by atoms with Gasteiger partial charge < -0.3 is 19.4 Å². The van der Waals surface area contributed by atoms with E-state index in [2.05, 4.69) is 5.32 Å². The van der Waals surface area contributed by atoms with Crippen LogP contribution in [0.3, 0.4) is 0 Å². The normalized spacial score (nSPS) is 16.1. The lowest BCUT2D eigenvalue weighted by atomic mass is 9.87. The van der Waals surface area contributed by atoms with E-state index in [0.29, 0.717) is 36.5 Å². The highest BCUT2D eigenvalue weighted by molar-refractivity contribution is 5.80. The summed E-state index contributed by atoms with van der Waals surface area (Å²) in [6.45, 7) is 4.34. The van der Waals surface area contributed by atoms with Crippen LogP contribution in [0.2, 0.25) is 0 Å². The van der Waals surface area contributed by atoms with E-state index >= 15 is 0 Å². The Balaban J connectivity index is 1.57. The maximum Gasteiger partial charge on any atom is 0.261 e. The topological polar surface area (TPSA) is 71.8 Å². The molecule has 1 N–H and O–H groups in total. The summed E-state index contributed by atoms with van der Waals surface area (Å²) >= 11 is 0. The number of nitrogens with one attached hydrogen (secondary N) is 1. The number of benzene rings is 2. The van der Waals surface area contributed by atoms with E-state index in [1.807, 2.05) is 31.2 Å². The lowest BCUT2D eigenvalue weighted by Gasteiger charge is -2.38. The van der Waals surface area contributed by atoms with E-state index in [1.165, 1.54) is 12.1 Å². The van der Waals surface area contributed by atoms with Crippen molar-refractivity contribution in [2.45, 2.75) is 45.4 Å². The first-order valence-electron chi connectivity index (χ1n) is 11.1. The molecule has 6 nitrogen and oxygen atoms in total. The molecule has 0 saturated carbocycles. The van der Waals surface area contributed by atoms with Crippen LogP contribution in [-0.2, 0) is 22.6 Å². The second-order valence-electron chi connectivity index (χ2n) is 8.07. The lowest BCUT2D eigenvalue weighted by Crippen LogP contribution is -2.40. The number of nitrogens with zero attached hydrogens (tertiary/aromatic N) is 1. The third-order valence-electron chi connectivity index (χ3n) is 5.83. The molecule has 0 fully saturated rings. The molecule has 33 heavy (non-hydrogen) atoms. The molecule has 2 atom stereocenters. The van der Waals surface area contributed by atoms with Gasteiger partial charge in [0.1, 0.15) is 17.3 Å². The summed E-state index contributed by atoms with van der Waals surface area (Å²) in [4.78, 5) is 27.0. The van der Waals surface area contributed by atoms with E-state index in [9.17, 15) is 14.0 Å². The van der Waals surface area contributed by atoms with Crippen molar-refractivity contribution in [1.29, 1.82) is 0 Å². The molecule has 0 spiro atoms. The van der Waals surface area contributed by atoms with Gasteiger partial charge in [-0.25, -0.2) is 4.39 Å². The Morgan fingerprint density at radius 2 is 2.06 bits per heavy atom. The van der Waals surface area contributed by atoms with Crippen molar-refractivity contribution in [3.8, 4) is 5.75 Å². The van der Waals surface area contributed by atoms with Crippen molar-refractivity contribution in [3.05, 3.63) is 89.1 Å². The van der Waals surface area contributed by atoms with Crippen LogP contribution in [0.1, 0.15) is 48.8 Å².